The predicted molar refractivity (Wildman–Crippen MR) is 105 cm³/mol. The Labute approximate surface area is 161 Å². The number of ether oxygens (including phenoxy) is 1. The third-order valence-electron chi connectivity index (χ3n) is 3.89. The third-order valence-corrected chi connectivity index (χ3v) is 4.14. The lowest BCUT2D eigenvalue weighted by Gasteiger charge is -2.05. The van der Waals surface area contributed by atoms with Gasteiger partial charge < -0.3 is 14.5 Å². The standard InChI is InChI=1S/C21H16ClN3O2/c22-17-8-10-18(11-9-17)23-21-25-24-20(27-21)14-26-19-12-6-16(7-13-19)15-4-2-1-3-5-15/h1-13H,14H2,(H,23,25). The summed E-state index contributed by atoms with van der Waals surface area (Å²) >= 11 is 5.87. The van der Waals surface area contributed by atoms with Crippen molar-refractivity contribution < 1.29 is 9.15 Å². The summed E-state index contributed by atoms with van der Waals surface area (Å²) < 4.78 is 11.3. The van der Waals surface area contributed by atoms with Crippen molar-refractivity contribution in [2.24, 2.45) is 0 Å². The summed E-state index contributed by atoms with van der Waals surface area (Å²) in [6.45, 7) is 0.194. The topological polar surface area (TPSA) is 60.2 Å². The Bertz CT molecular complexity index is 1000. The van der Waals surface area contributed by atoms with E-state index in [1.807, 2.05) is 54.6 Å². The highest BCUT2D eigenvalue weighted by Gasteiger charge is 2.07. The molecule has 6 heteroatoms. The molecule has 1 heterocycles. The summed E-state index contributed by atoms with van der Waals surface area (Å²) in [5.74, 6) is 1.12. The minimum absolute atomic E-state index is 0.194. The number of nitrogens with one attached hydrogen (secondary N) is 1. The molecule has 0 saturated heterocycles. The maximum absolute atomic E-state index is 5.87. The fourth-order valence-electron chi connectivity index (χ4n) is 2.54. The number of aromatic nitrogens is 2. The van der Waals surface area contributed by atoms with Crippen LogP contribution < -0.4 is 10.1 Å². The van der Waals surface area contributed by atoms with Crippen LogP contribution in [-0.4, -0.2) is 10.2 Å². The highest BCUT2D eigenvalue weighted by atomic mass is 35.5. The molecule has 0 unspecified atom stereocenters. The highest BCUT2D eigenvalue weighted by Crippen LogP contribution is 2.23. The number of rotatable bonds is 6. The summed E-state index contributed by atoms with van der Waals surface area (Å²) in [5.41, 5.74) is 3.11. The maximum atomic E-state index is 5.87. The SMILES string of the molecule is Clc1ccc(Nc2nnc(COc3ccc(-c4ccccc4)cc3)o2)cc1. The van der Waals surface area contributed by atoms with Crippen LogP contribution in [0.4, 0.5) is 11.7 Å². The van der Waals surface area contributed by atoms with E-state index in [1.165, 1.54) is 5.56 Å². The average molecular weight is 378 g/mol. The van der Waals surface area contributed by atoms with Crippen LogP contribution in [0.15, 0.2) is 83.3 Å². The fraction of sp³-hybridized carbons (Fsp3) is 0.0476. The van der Waals surface area contributed by atoms with Crippen LogP contribution in [0.1, 0.15) is 5.89 Å². The fourth-order valence-corrected chi connectivity index (χ4v) is 2.66. The van der Waals surface area contributed by atoms with E-state index in [0.717, 1.165) is 17.0 Å². The number of anilines is 2. The lowest BCUT2D eigenvalue weighted by atomic mass is 10.1. The first-order chi connectivity index (χ1) is 13.3. The van der Waals surface area contributed by atoms with Crippen LogP contribution in [0.25, 0.3) is 11.1 Å². The summed E-state index contributed by atoms with van der Waals surface area (Å²) in [6.07, 6.45) is 0. The number of hydrogen-bond donors (Lipinski definition) is 1. The zero-order valence-electron chi connectivity index (χ0n) is 14.3. The van der Waals surface area contributed by atoms with E-state index in [0.29, 0.717) is 16.9 Å². The predicted octanol–water partition coefficient (Wildman–Crippen LogP) is 5.71. The van der Waals surface area contributed by atoms with Crippen molar-refractivity contribution in [3.8, 4) is 16.9 Å². The number of nitrogens with zero attached hydrogens (tertiary/aromatic N) is 2. The van der Waals surface area contributed by atoms with Gasteiger partial charge in [-0.05, 0) is 47.5 Å². The summed E-state index contributed by atoms with van der Waals surface area (Å²) in [7, 11) is 0. The molecule has 4 aromatic rings. The van der Waals surface area contributed by atoms with Crippen molar-refractivity contribution in [2.45, 2.75) is 6.61 Å². The molecule has 5 nitrogen and oxygen atoms in total. The Morgan fingerprint density at radius 2 is 1.52 bits per heavy atom. The summed E-state index contributed by atoms with van der Waals surface area (Å²) in [5, 5.41) is 11.6. The van der Waals surface area contributed by atoms with Crippen molar-refractivity contribution >= 4 is 23.3 Å². The van der Waals surface area contributed by atoms with E-state index in [-0.39, 0.29) is 6.61 Å². The smallest absolute Gasteiger partial charge is 0.320 e. The van der Waals surface area contributed by atoms with Crippen molar-refractivity contribution in [3.05, 3.63) is 89.8 Å². The van der Waals surface area contributed by atoms with E-state index in [2.05, 4.69) is 27.6 Å². The first-order valence-corrected chi connectivity index (χ1v) is 8.77. The van der Waals surface area contributed by atoms with E-state index < -0.39 is 0 Å². The molecule has 0 aliphatic carbocycles. The molecular weight excluding hydrogens is 362 g/mol. The highest BCUT2D eigenvalue weighted by molar-refractivity contribution is 6.30. The second-order valence-electron chi connectivity index (χ2n) is 5.81. The summed E-state index contributed by atoms with van der Waals surface area (Å²) in [6, 6.07) is 25.6. The van der Waals surface area contributed by atoms with Gasteiger partial charge in [-0.1, -0.05) is 59.2 Å². The van der Waals surface area contributed by atoms with Crippen molar-refractivity contribution in [1.29, 1.82) is 0 Å². The van der Waals surface area contributed by atoms with Gasteiger partial charge in [0.2, 0.25) is 0 Å². The van der Waals surface area contributed by atoms with Crippen molar-refractivity contribution in [2.75, 3.05) is 5.32 Å². The molecule has 4 rings (SSSR count). The van der Waals surface area contributed by atoms with E-state index in [4.69, 9.17) is 20.8 Å². The Balaban J connectivity index is 1.35. The second kappa shape index (κ2) is 7.93. The normalized spacial score (nSPS) is 10.6. The van der Waals surface area contributed by atoms with Crippen LogP contribution in [-0.2, 0) is 6.61 Å². The lowest BCUT2D eigenvalue weighted by Crippen LogP contribution is -1.95. The Morgan fingerprint density at radius 1 is 0.815 bits per heavy atom. The van der Waals surface area contributed by atoms with Crippen LogP contribution in [0.5, 0.6) is 5.75 Å². The summed E-state index contributed by atoms with van der Waals surface area (Å²) in [4.78, 5) is 0. The van der Waals surface area contributed by atoms with Crippen LogP contribution in [0.3, 0.4) is 0 Å². The van der Waals surface area contributed by atoms with Crippen molar-refractivity contribution in [3.63, 3.8) is 0 Å². The Hall–Kier alpha value is -3.31. The Morgan fingerprint density at radius 3 is 2.26 bits per heavy atom. The quantitative estimate of drug-likeness (QED) is 0.466. The van der Waals surface area contributed by atoms with Gasteiger partial charge in [0.15, 0.2) is 6.61 Å². The molecule has 0 fully saturated rings. The lowest BCUT2D eigenvalue weighted by molar-refractivity contribution is 0.265. The molecule has 0 spiro atoms. The molecular formula is C21H16ClN3O2. The molecule has 27 heavy (non-hydrogen) atoms. The van der Waals surface area contributed by atoms with Gasteiger partial charge in [0.05, 0.1) is 0 Å². The minimum Gasteiger partial charge on any atom is -0.484 e. The van der Waals surface area contributed by atoms with E-state index in [9.17, 15) is 0 Å². The Kier molecular flexibility index (Phi) is 5.03. The van der Waals surface area contributed by atoms with Gasteiger partial charge in [0.25, 0.3) is 5.89 Å². The van der Waals surface area contributed by atoms with Gasteiger partial charge >= 0.3 is 6.01 Å². The van der Waals surface area contributed by atoms with Crippen LogP contribution in [0, 0.1) is 0 Å². The molecule has 3 aromatic carbocycles. The van der Waals surface area contributed by atoms with Gasteiger partial charge in [-0.15, -0.1) is 5.10 Å². The van der Waals surface area contributed by atoms with Gasteiger partial charge in [0.1, 0.15) is 5.75 Å². The molecule has 0 radical (unpaired) electrons. The maximum Gasteiger partial charge on any atom is 0.320 e. The van der Waals surface area contributed by atoms with Gasteiger partial charge in [-0.25, -0.2) is 0 Å². The number of halogens is 1. The van der Waals surface area contributed by atoms with Gasteiger partial charge in [-0.3, -0.25) is 0 Å². The third kappa shape index (κ3) is 4.46. The van der Waals surface area contributed by atoms with Gasteiger partial charge in [-0.2, -0.15) is 0 Å². The zero-order valence-corrected chi connectivity index (χ0v) is 15.1. The number of hydrogen-bond acceptors (Lipinski definition) is 5. The molecule has 0 bridgehead atoms. The molecule has 0 aliphatic rings. The first kappa shape index (κ1) is 17.1. The van der Waals surface area contributed by atoms with E-state index in [1.54, 1.807) is 12.1 Å². The van der Waals surface area contributed by atoms with Gasteiger partial charge in [0, 0.05) is 10.7 Å². The molecule has 0 saturated carbocycles. The molecule has 134 valence electrons. The van der Waals surface area contributed by atoms with Crippen molar-refractivity contribution in [1.82, 2.24) is 10.2 Å². The zero-order chi connectivity index (χ0) is 18.5. The average Bonchev–Trinajstić information content (AvgIpc) is 3.17. The molecule has 1 aromatic heterocycles. The van der Waals surface area contributed by atoms with Crippen LogP contribution >= 0.6 is 11.6 Å². The molecule has 0 aliphatic heterocycles. The second-order valence-corrected chi connectivity index (χ2v) is 6.25. The minimum atomic E-state index is 0.194. The monoisotopic (exact) mass is 377 g/mol. The number of benzene rings is 3. The van der Waals surface area contributed by atoms with E-state index >= 15 is 0 Å². The molecule has 1 N–H and O–H groups in total. The van der Waals surface area contributed by atoms with Crippen LogP contribution in [0.2, 0.25) is 5.02 Å². The largest absolute Gasteiger partial charge is 0.484 e. The molecule has 0 amide bonds. The molecule has 0 atom stereocenters. The first-order valence-electron chi connectivity index (χ1n) is 8.39.